The van der Waals surface area contributed by atoms with Gasteiger partial charge >= 0.3 is 5.97 Å². The van der Waals surface area contributed by atoms with Crippen LogP contribution in [0.2, 0.25) is 0 Å². The van der Waals surface area contributed by atoms with Crippen LogP contribution in [0.15, 0.2) is 42.6 Å². The average molecular weight is 311 g/mol. The number of ether oxygens (including phenoxy) is 2. The maximum Gasteiger partial charge on any atom is 0.357 e. The van der Waals surface area contributed by atoms with E-state index < -0.39 is 0 Å². The van der Waals surface area contributed by atoms with E-state index in [4.69, 9.17) is 9.47 Å². The molecule has 4 nitrogen and oxygen atoms in total. The normalized spacial score (nSPS) is 16.7. The maximum absolute atomic E-state index is 12.0. The first-order valence-corrected chi connectivity index (χ1v) is 8.07. The van der Waals surface area contributed by atoms with Crippen LogP contribution >= 0.6 is 0 Å². The third kappa shape index (κ3) is 3.77. The van der Waals surface area contributed by atoms with Gasteiger partial charge in [-0.25, -0.2) is 9.78 Å². The molecule has 1 aliphatic carbocycles. The molecule has 1 atom stereocenters. The Labute approximate surface area is 136 Å². The van der Waals surface area contributed by atoms with E-state index in [1.165, 1.54) is 5.56 Å². The Balaban J connectivity index is 1.67. The SMILES string of the molecule is CCOC(=O)c1nccc2c1CCC(OCc1ccccc1)C2. The molecule has 1 aromatic heterocycles. The lowest BCUT2D eigenvalue weighted by atomic mass is 9.89. The summed E-state index contributed by atoms with van der Waals surface area (Å²) in [6.45, 7) is 2.80. The number of benzene rings is 1. The molecular formula is C19H21NO3. The Morgan fingerprint density at radius 3 is 2.87 bits per heavy atom. The van der Waals surface area contributed by atoms with Crippen molar-refractivity contribution in [1.82, 2.24) is 4.98 Å². The van der Waals surface area contributed by atoms with Crippen LogP contribution in [0.1, 0.15) is 40.5 Å². The topological polar surface area (TPSA) is 48.4 Å². The largest absolute Gasteiger partial charge is 0.461 e. The summed E-state index contributed by atoms with van der Waals surface area (Å²) in [5.41, 5.74) is 3.81. The third-order valence-corrected chi connectivity index (χ3v) is 4.11. The first-order valence-electron chi connectivity index (χ1n) is 8.07. The minimum atomic E-state index is -0.326. The van der Waals surface area contributed by atoms with Crippen LogP contribution in [-0.4, -0.2) is 23.7 Å². The number of esters is 1. The van der Waals surface area contributed by atoms with E-state index >= 15 is 0 Å². The summed E-state index contributed by atoms with van der Waals surface area (Å²) < 4.78 is 11.1. The Morgan fingerprint density at radius 1 is 1.26 bits per heavy atom. The minimum absolute atomic E-state index is 0.181. The molecule has 0 saturated carbocycles. The third-order valence-electron chi connectivity index (χ3n) is 4.11. The number of pyridine rings is 1. The monoisotopic (exact) mass is 311 g/mol. The average Bonchev–Trinajstić information content (AvgIpc) is 2.60. The van der Waals surface area contributed by atoms with Crippen molar-refractivity contribution in [2.75, 3.05) is 6.61 Å². The standard InChI is InChI=1S/C19H21NO3/c1-2-22-19(21)18-17-9-8-16(12-15(17)10-11-20-18)23-13-14-6-4-3-5-7-14/h3-7,10-11,16H,2,8-9,12-13H2,1H3. The predicted molar refractivity (Wildman–Crippen MR) is 87.2 cm³/mol. The van der Waals surface area contributed by atoms with Crippen molar-refractivity contribution in [2.45, 2.75) is 38.9 Å². The Bertz CT molecular complexity index is 670. The second-order valence-corrected chi connectivity index (χ2v) is 5.68. The van der Waals surface area contributed by atoms with Gasteiger partial charge in [-0.15, -0.1) is 0 Å². The van der Waals surface area contributed by atoms with Gasteiger partial charge < -0.3 is 9.47 Å². The molecule has 3 rings (SSSR count). The van der Waals surface area contributed by atoms with Crippen LogP contribution in [0.25, 0.3) is 0 Å². The second kappa shape index (κ2) is 7.38. The fourth-order valence-corrected chi connectivity index (χ4v) is 2.96. The molecule has 2 aromatic rings. The van der Waals surface area contributed by atoms with E-state index in [1.807, 2.05) is 24.3 Å². The molecule has 1 aliphatic rings. The summed E-state index contributed by atoms with van der Waals surface area (Å²) in [5, 5.41) is 0. The van der Waals surface area contributed by atoms with E-state index in [9.17, 15) is 4.79 Å². The maximum atomic E-state index is 12.0. The Morgan fingerprint density at radius 2 is 2.09 bits per heavy atom. The molecule has 1 aromatic carbocycles. The van der Waals surface area contributed by atoms with Gasteiger partial charge in [0.1, 0.15) is 0 Å². The van der Waals surface area contributed by atoms with Crippen molar-refractivity contribution >= 4 is 5.97 Å². The van der Waals surface area contributed by atoms with Crippen LogP contribution in [0.3, 0.4) is 0 Å². The number of aromatic nitrogens is 1. The van der Waals surface area contributed by atoms with E-state index in [0.29, 0.717) is 18.9 Å². The highest BCUT2D eigenvalue weighted by atomic mass is 16.5. The lowest BCUT2D eigenvalue weighted by Gasteiger charge is -2.25. The van der Waals surface area contributed by atoms with E-state index in [2.05, 4.69) is 17.1 Å². The van der Waals surface area contributed by atoms with Crippen LogP contribution in [0.5, 0.6) is 0 Å². The molecule has 1 unspecified atom stereocenters. The fraction of sp³-hybridized carbons (Fsp3) is 0.368. The van der Waals surface area contributed by atoms with Crippen LogP contribution < -0.4 is 0 Å². The van der Waals surface area contributed by atoms with E-state index in [1.54, 1.807) is 13.1 Å². The zero-order chi connectivity index (χ0) is 16.1. The highest BCUT2D eigenvalue weighted by molar-refractivity contribution is 5.89. The van der Waals surface area contributed by atoms with Crippen LogP contribution in [0, 0.1) is 0 Å². The molecule has 0 bridgehead atoms. The van der Waals surface area contributed by atoms with Gasteiger partial charge in [-0.3, -0.25) is 0 Å². The fourth-order valence-electron chi connectivity index (χ4n) is 2.96. The smallest absolute Gasteiger partial charge is 0.357 e. The number of carbonyl (C=O) groups is 1. The summed E-state index contributed by atoms with van der Waals surface area (Å²) >= 11 is 0. The Kier molecular flexibility index (Phi) is 5.03. The lowest BCUT2D eigenvalue weighted by Crippen LogP contribution is -2.25. The van der Waals surface area contributed by atoms with Crippen LogP contribution in [0.4, 0.5) is 0 Å². The van der Waals surface area contributed by atoms with E-state index in [0.717, 1.165) is 30.4 Å². The summed E-state index contributed by atoms with van der Waals surface area (Å²) in [4.78, 5) is 16.2. The molecule has 0 saturated heterocycles. The van der Waals surface area contributed by atoms with Gasteiger partial charge in [-0.2, -0.15) is 0 Å². The molecule has 4 heteroatoms. The number of hydrogen-bond acceptors (Lipinski definition) is 4. The summed E-state index contributed by atoms with van der Waals surface area (Å²) in [7, 11) is 0. The molecule has 1 heterocycles. The van der Waals surface area contributed by atoms with Crippen molar-refractivity contribution in [3.05, 3.63) is 65.0 Å². The molecule has 0 amide bonds. The number of nitrogens with zero attached hydrogens (tertiary/aromatic N) is 1. The Hall–Kier alpha value is -2.20. The number of hydrogen-bond donors (Lipinski definition) is 0. The molecule has 23 heavy (non-hydrogen) atoms. The first kappa shape index (κ1) is 15.7. The lowest BCUT2D eigenvalue weighted by molar-refractivity contribution is 0.0313. The van der Waals surface area contributed by atoms with Gasteiger partial charge in [0.15, 0.2) is 5.69 Å². The second-order valence-electron chi connectivity index (χ2n) is 5.68. The van der Waals surface area contributed by atoms with Crippen molar-refractivity contribution in [1.29, 1.82) is 0 Å². The van der Waals surface area contributed by atoms with Crippen molar-refractivity contribution in [3.63, 3.8) is 0 Å². The summed E-state index contributed by atoms with van der Waals surface area (Å²) in [6, 6.07) is 12.2. The molecule has 0 radical (unpaired) electrons. The zero-order valence-corrected chi connectivity index (χ0v) is 13.3. The van der Waals surface area contributed by atoms with Crippen LogP contribution in [-0.2, 0) is 28.9 Å². The highest BCUT2D eigenvalue weighted by Crippen LogP contribution is 2.26. The van der Waals surface area contributed by atoms with Gasteiger partial charge in [0, 0.05) is 6.20 Å². The van der Waals surface area contributed by atoms with Gasteiger partial charge in [0.05, 0.1) is 19.3 Å². The number of rotatable bonds is 5. The predicted octanol–water partition coefficient (Wildman–Crippen LogP) is 3.33. The van der Waals surface area contributed by atoms with Gasteiger partial charge in [0.2, 0.25) is 0 Å². The highest BCUT2D eigenvalue weighted by Gasteiger charge is 2.25. The zero-order valence-electron chi connectivity index (χ0n) is 13.3. The molecule has 0 fully saturated rings. The quantitative estimate of drug-likeness (QED) is 0.795. The summed E-state index contributed by atoms with van der Waals surface area (Å²) in [5.74, 6) is -0.326. The molecule has 120 valence electrons. The van der Waals surface area contributed by atoms with Gasteiger partial charge in [-0.1, -0.05) is 30.3 Å². The molecule has 0 aliphatic heterocycles. The van der Waals surface area contributed by atoms with E-state index in [-0.39, 0.29) is 12.1 Å². The van der Waals surface area contributed by atoms with Crippen molar-refractivity contribution < 1.29 is 14.3 Å². The minimum Gasteiger partial charge on any atom is -0.461 e. The number of carbonyl (C=O) groups excluding carboxylic acids is 1. The molecule has 0 spiro atoms. The molecular weight excluding hydrogens is 290 g/mol. The van der Waals surface area contributed by atoms with Crippen molar-refractivity contribution in [3.8, 4) is 0 Å². The molecule has 0 N–H and O–H groups in total. The number of fused-ring (bicyclic) bond motifs is 1. The van der Waals surface area contributed by atoms with Gasteiger partial charge in [-0.05, 0) is 48.9 Å². The summed E-state index contributed by atoms with van der Waals surface area (Å²) in [6.07, 6.45) is 4.39. The van der Waals surface area contributed by atoms with Gasteiger partial charge in [0.25, 0.3) is 0 Å². The first-order chi connectivity index (χ1) is 11.3. The van der Waals surface area contributed by atoms with Crippen molar-refractivity contribution in [2.24, 2.45) is 0 Å².